The second-order valence-electron chi connectivity index (χ2n) is 7.76. The third kappa shape index (κ3) is 4.17. The van der Waals surface area contributed by atoms with E-state index in [1.165, 1.54) is 18.2 Å². The Morgan fingerprint density at radius 2 is 1.93 bits per heavy atom. The molecule has 5 nitrogen and oxygen atoms in total. The first-order chi connectivity index (χ1) is 13.8. The largest absolute Gasteiger partial charge is 0.340 e. The maximum atomic E-state index is 13.4. The van der Waals surface area contributed by atoms with Crippen LogP contribution in [0.5, 0.6) is 0 Å². The van der Waals surface area contributed by atoms with Gasteiger partial charge in [0.1, 0.15) is 5.82 Å². The number of likely N-dealkylation sites (tertiary alicyclic amines) is 1. The number of piperidine rings is 1. The summed E-state index contributed by atoms with van der Waals surface area (Å²) in [5.74, 6) is -0.583. The molecule has 0 aromatic heterocycles. The molecule has 1 saturated heterocycles. The fourth-order valence-electron chi connectivity index (χ4n) is 4.02. The van der Waals surface area contributed by atoms with E-state index in [1.807, 2.05) is 18.2 Å². The second kappa shape index (κ2) is 7.70. The first-order valence-electron chi connectivity index (χ1n) is 9.63. The zero-order valence-corrected chi connectivity index (χ0v) is 17.3. The molecule has 1 amide bonds. The maximum absolute atomic E-state index is 13.4. The van der Waals surface area contributed by atoms with Crippen LogP contribution in [-0.4, -0.2) is 38.4 Å². The van der Waals surface area contributed by atoms with Gasteiger partial charge in [-0.3, -0.25) is 4.79 Å². The van der Waals surface area contributed by atoms with Gasteiger partial charge in [-0.15, -0.1) is 0 Å². The monoisotopic (exact) mass is 436 g/mol. The van der Waals surface area contributed by atoms with Gasteiger partial charge < -0.3 is 4.90 Å². The van der Waals surface area contributed by atoms with Crippen LogP contribution in [-0.2, 0) is 20.2 Å². The molecule has 2 aliphatic rings. The van der Waals surface area contributed by atoms with Gasteiger partial charge in [-0.25, -0.2) is 17.5 Å². The smallest absolute Gasteiger partial charge is 0.240 e. The SMILES string of the molecule is O=C(N1CCCC(NS(=O)(=O)c2cccc(F)c2)C1)C1(c2cccc(Cl)c2)CC1. The van der Waals surface area contributed by atoms with Crippen LogP contribution in [0.25, 0.3) is 0 Å². The second-order valence-corrected chi connectivity index (χ2v) is 9.91. The molecule has 1 aliphatic carbocycles. The molecule has 1 heterocycles. The third-order valence-electron chi connectivity index (χ3n) is 5.67. The zero-order chi connectivity index (χ0) is 20.6. The van der Waals surface area contributed by atoms with Crippen molar-refractivity contribution in [3.63, 3.8) is 0 Å². The lowest BCUT2D eigenvalue weighted by Gasteiger charge is -2.35. The number of carbonyl (C=O) groups is 1. The van der Waals surface area contributed by atoms with E-state index >= 15 is 0 Å². The third-order valence-corrected chi connectivity index (χ3v) is 7.43. The molecule has 154 valence electrons. The highest BCUT2D eigenvalue weighted by Gasteiger charge is 2.53. The average molecular weight is 437 g/mol. The number of nitrogens with zero attached hydrogens (tertiary/aromatic N) is 1. The molecule has 4 rings (SSSR count). The van der Waals surface area contributed by atoms with Gasteiger partial charge in [-0.05, 0) is 61.6 Å². The summed E-state index contributed by atoms with van der Waals surface area (Å²) in [6.45, 7) is 0.898. The summed E-state index contributed by atoms with van der Waals surface area (Å²) >= 11 is 6.11. The molecule has 0 radical (unpaired) electrons. The predicted octanol–water partition coefficient (Wildman–Crippen LogP) is 3.48. The van der Waals surface area contributed by atoms with Crippen LogP contribution in [0.15, 0.2) is 53.4 Å². The Morgan fingerprint density at radius 1 is 1.17 bits per heavy atom. The number of halogens is 2. The first kappa shape index (κ1) is 20.3. The minimum Gasteiger partial charge on any atom is -0.340 e. The minimum absolute atomic E-state index is 0.0226. The lowest BCUT2D eigenvalue weighted by Crippen LogP contribution is -2.52. The van der Waals surface area contributed by atoms with E-state index in [-0.39, 0.29) is 10.8 Å². The van der Waals surface area contributed by atoms with E-state index in [9.17, 15) is 17.6 Å². The Balaban J connectivity index is 1.48. The maximum Gasteiger partial charge on any atom is 0.240 e. The van der Waals surface area contributed by atoms with Crippen LogP contribution in [0.3, 0.4) is 0 Å². The molecule has 2 aromatic rings. The van der Waals surface area contributed by atoms with Crippen molar-refractivity contribution in [2.45, 2.75) is 42.0 Å². The zero-order valence-electron chi connectivity index (χ0n) is 15.8. The van der Waals surface area contributed by atoms with Gasteiger partial charge in [0.25, 0.3) is 0 Å². The fraction of sp³-hybridized carbons (Fsp3) is 0.381. The van der Waals surface area contributed by atoms with Crippen LogP contribution in [0, 0.1) is 5.82 Å². The van der Waals surface area contributed by atoms with Gasteiger partial charge in [-0.2, -0.15) is 0 Å². The topological polar surface area (TPSA) is 66.5 Å². The number of hydrogen-bond acceptors (Lipinski definition) is 3. The van der Waals surface area contributed by atoms with Crippen LogP contribution < -0.4 is 4.72 Å². The molecule has 1 aliphatic heterocycles. The fourth-order valence-corrected chi connectivity index (χ4v) is 5.50. The summed E-state index contributed by atoms with van der Waals surface area (Å²) in [5.41, 5.74) is 0.367. The highest BCUT2D eigenvalue weighted by molar-refractivity contribution is 7.89. The Kier molecular flexibility index (Phi) is 5.40. The average Bonchev–Trinajstić information content (AvgIpc) is 3.49. The Bertz CT molecular complexity index is 1040. The van der Waals surface area contributed by atoms with E-state index in [2.05, 4.69) is 4.72 Å². The summed E-state index contributed by atoms with van der Waals surface area (Å²) in [7, 11) is -3.85. The minimum atomic E-state index is -3.85. The van der Waals surface area contributed by atoms with Crippen molar-refractivity contribution < 1.29 is 17.6 Å². The lowest BCUT2D eigenvalue weighted by molar-refractivity contribution is -0.135. The van der Waals surface area contributed by atoms with Crippen molar-refractivity contribution in [1.29, 1.82) is 0 Å². The number of benzene rings is 2. The van der Waals surface area contributed by atoms with E-state index in [0.717, 1.165) is 24.5 Å². The van der Waals surface area contributed by atoms with E-state index in [0.29, 0.717) is 31.0 Å². The summed E-state index contributed by atoms with van der Waals surface area (Å²) in [6.07, 6.45) is 2.86. The van der Waals surface area contributed by atoms with Gasteiger partial charge in [-0.1, -0.05) is 29.8 Å². The van der Waals surface area contributed by atoms with Crippen LogP contribution >= 0.6 is 11.6 Å². The molecule has 1 unspecified atom stereocenters. The van der Waals surface area contributed by atoms with Crippen LogP contribution in [0.4, 0.5) is 4.39 Å². The Hall–Kier alpha value is -1.96. The molecule has 2 fully saturated rings. The number of sulfonamides is 1. The van der Waals surface area contributed by atoms with Crippen molar-refractivity contribution >= 4 is 27.5 Å². The number of carbonyl (C=O) groups excluding carboxylic acids is 1. The molecular weight excluding hydrogens is 415 g/mol. The molecule has 2 aromatic carbocycles. The van der Waals surface area contributed by atoms with Crippen molar-refractivity contribution in [2.24, 2.45) is 0 Å². The van der Waals surface area contributed by atoms with E-state index in [1.54, 1.807) is 11.0 Å². The van der Waals surface area contributed by atoms with Crippen LogP contribution in [0.2, 0.25) is 5.02 Å². The molecule has 1 atom stereocenters. The molecule has 0 spiro atoms. The molecule has 0 bridgehead atoms. The van der Waals surface area contributed by atoms with Gasteiger partial charge in [0.2, 0.25) is 15.9 Å². The predicted molar refractivity (Wildman–Crippen MR) is 109 cm³/mol. The van der Waals surface area contributed by atoms with Gasteiger partial charge in [0.15, 0.2) is 0 Å². The summed E-state index contributed by atoms with van der Waals surface area (Å²) in [4.78, 5) is 14.9. The number of amides is 1. The molecule has 1 saturated carbocycles. The summed E-state index contributed by atoms with van der Waals surface area (Å²) < 4.78 is 41.3. The number of hydrogen-bond donors (Lipinski definition) is 1. The Morgan fingerprint density at radius 3 is 2.62 bits per heavy atom. The highest BCUT2D eigenvalue weighted by Crippen LogP contribution is 2.50. The highest BCUT2D eigenvalue weighted by atomic mass is 35.5. The van der Waals surface area contributed by atoms with E-state index < -0.39 is 27.3 Å². The van der Waals surface area contributed by atoms with Crippen LogP contribution in [0.1, 0.15) is 31.2 Å². The lowest BCUT2D eigenvalue weighted by atomic mass is 9.93. The molecule has 8 heteroatoms. The van der Waals surface area contributed by atoms with Gasteiger partial charge >= 0.3 is 0 Å². The van der Waals surface area contributed by atoms with Crippen molar-refractivity contribution in [2.75, 3.05) is 13.1 Å². The first-order valence-corrected chi connectivity index (χ1v) is 11.5. The van der Waals surface area contributed by atoms with Crippen molar-refractivity contribution in [3.05, 3.63) is 64.9 Å². The summed E-state index contributed by atoms with van der Waals surface area (Å²) in [6, 6.07) is 11.9. The van der Waals surface area contributed by atoms with Crippen molar-refractivity contribution in [1.82, 2.24) is 9.62 Å². The normalized spacial score (nSPS) is 21.0. The molecular formula is C21H22ClFN2O3S. The Labute approximate surface area is 174 Å². The molecule has 1 N–H and O–H groups in total. The number of rotatable bonds is 5. The summed E-state index contributed by atoms with van der Waals surface area (Å²) in [5, 5.41) is 0.598. The standard InChI is InChI=1S/C21H22ClFN2O3S/c22-16-5-1-4-15(12-16)21(9-10-21)20(26)25-11-3-7-18(14-25)24-29(27,28)19-8-2-6-17(23)13-19/h1-2,4-6,8,12-13,18,24H,3,7,9-11,14H2. The molecule has 29 heavy (non-hydrogen) atoms. The van der Waals surface area contributed by atoms with Gasteiger partial charge in [0, 0.05) is 24.2 Å². The van der Waals surface area contributed by atoms with Gasteiger partial charge in [0.05, 0.1) is 10.3 Å². The van der Waals surface area contributed by atoms with Crippen molar-refractivity contribution in [3.8, 4) is 0 Å². The van der Waals surface area contributed by atoms with E-state index in [4.69, 9.17) is 11.6 Å². The number of nitrogens with one attached hydrogen (secondary N) is 1. The quantitative estimate of drug-likeness (QED) is 0.780.